The van der Waals surface area contributed by atoms with Gasteiger partial charge in [0, 0.05) is 12.5 Å². The lowest BCUT2D eigenvalue weighted by Gasteiger charge is -2.19. The molecule has 0 unspecified atom stereocenters. The van der Waals surface area contributed by atoms with Crippen LogP contribution >= 0.6 is 0 Å². The highest BCUT2D eigenvalue weighted by molar-refractivity contribution is 5.75. The number of aliphatic hydroxyl groups is 1. The minimum absolute atomic E-state index is 0.0236. The van der Waals surface area contributed by atoms with E-state index >= 15 is 0 Å². The number of nitrogens with two attached hydrogens (primary N) is 1. The Morgan fingerprint density at radius 2 is 1.68 bits per heavy atom. The molecular formula is C19H24N2O4. The third-order valence-corrected chi connectivity index (χ3v) is 3.45. The van der Waals surface area contributed by atoms with Crippen LogP contribution in [0.2, 0.25) is 0 Å². The van der Waals surface area contributed by atoms with Gasteiger partial charge in [-0.3, -0.25) is 10.1 Å². The molecule has 2 atom stereocenters. The summed E-state index contributed by atoms with van der Waals surface area (Å²) in [5.41, 5.74) is 6.09. The maximum Gasteiger partial charge on any atom is 0.255 e. The van der Waals surface area contributed by atoms with Crippen LogP contribution in [-0.2, 0) is 11.2 Å². The lowest BCUT2D eigenvalue weighted by molar-refractivity contribution is -0.119. The van der Waals surface area contributed by atoms with Gasteiger partial charge in [-0.25, -0.2) is 0 Å². The zero-order valence-corrected chi connectivity index (χ0v) is 14.2. The third kappa shape index (κ3) is 7.24. The van der Waals surface area contributed by atoms with E-state index < -0.39 is 12.1 Å². The van der Waals surface area contributed by atoms with Gasteiger partial charge in [0.2, 0.25) is 0 Å². The van der Waals surface area contributed by atoms with Crippen molar-refractivity contribution in [2.24, 2.45) is 5.73 Å². The summed E-state index contributed by atoms with van der Waals surface area (Å²) in [6, 6.07) is 16.7. The second-order valence-corrected chi connectivity index (χ2v) is 5.81. The van der Waals surface area contributed by atoms with Gasteiger partial charge in [-0.05, 0) is 36.8 Å². The van der Waals surface area contributed by atoms with Crippen LogP contribution < -0.4 is 20.5 Å². The molecule has 0 saturated heterocycles. The Labute approximate surface area is 147 Å². The van der Waals surface area contributed by atoms with Gasteiger partial charge in [-0.1, -0.05) is 30.3 Å². The number of hydrogen-bond donors (Lipinski definition) is 3. The number of amides is 1. The van der Waals surface area contributed by atoms with Gasteiger partial charge in [-0.2, -0.15) is 0 Å². The van der Waals surface area contributed by atoms with E-state index in [0.29, 0.717) is 24.5 Å². The fourth-order valence-electron chi connectivity index (χ4n) is 2.28. The van der Waals surface area contributed by atoms with Crippen molar-refractivity contribution in [3.8, 4) is 11.5 Å². The normalized spacial score (nSPS) is 13.0. The van der Waals surface area contributed by atoms with E-state index in [9.17, 15) is 9.90 Å². The quantitative estimate of drug-likeness (QED) is 0.568. The molecule has 0 aliphatic carbocycles. The average Bonchev–Trinajstić information content (AvgIpc) is 2.59. The number of hydrogen-bond acceptors (Lipinski definition) is 5. The van der Waals surface area contributed by atoms with Crippen LogP contribution in [0, 0.1) is 0 Å². The van der Waals surface area contributed by atoms with Crippen LogP contribution in [0.3, 0.4) is 0 Å². The van der Waals surface area contributed by atoms with Crippen molar-refractivity contribution in [1.82, 2.24) is 5.32 Å². The molecule has 25 heavy (non-hydrogen) atoms. The number of rotatable bonds is 10. The van der Waals surface area contributed by atoms with Crippen molar-refractivity contribution in [3.05, 3.63) is 60.2 Å². The number of ether oxygens (including phenoxy) is 2. The maximum absolute atomic E-state index is 10.7. The molecule has 0 aliphatic heterocycles. The molecule has 0 bridgehead atoms. The molecule has 0 aromatic heterocycles. The summed E-state index contributed by atoms with van der Waals surface area (Å²) in [7, 11) is 0. The van der Waals surface area contributed by atoms with E-state index in [-0.39, 0.29) is 12.6 Å². The minimum Gasteiger partial charge on any atom is -0.492 e. The zero-order valence-electron chi connectivity index (χ0n) is 14.2. The fraction of sp³-hybridized carbons (Fsp3) is 0.316. The predicted molar refractivity (Wildman–Crippen MR) is 95.4 cm³/mol. The van der Waals surface area contributed by atoms with Crippen LogP contribution in [0.1, 0.15) is 12.5 Å². The third-order valence-electron chi connectivity index (χ3n) is 3.45. The van der Waals surface area contributed by atoms with Crippen molar-refractivity contribution >= 4 is 5.91 Å². The van der Waals surface area contributed by atoms with Gasteiger partial charge < -0.3 is 20.3 Å². The molecular weight excluding hydrogens is 320 g/mol. The summed E-state index contributed by atoms with van der Waals surface area (Å²) in [4.78, 5) is 10.7. The highest BCUT2D eigenvalue weighted by atomic mass is 16.5. The molecule has 134 valence electrons. The first-order chi connectivity index (χ1) is 12.0. The van der Waals surface area contributed by atoms with Crippen LogP contribution in [0.25, 0.3) is 0 Å². The first kappa shape index (κ1) is 18.8. The monoisotopic (exact) mass is 344 g/mol. The Morgan fingerprint density at radius 3 is 2.28 bits per heavy atom. The maximum atomic E-state index is 10.7. The Hall–Kier alpha value is -2.57. The molecule has 6 nitrogen and oxygen atoms in total. The van der Waals surface area contributed by atoms with Crippen molar-refractivity contribution in [2.75, 3.05) is 13.2 Å². The summed E-state index contributed by atoms with van der Waals surface area (Å²) in [6.45, 7) is 2.20. The van der Waals surface area contributed by atoms with Gasteiger partial charge in [0.05, 0.1) is 0 Å². The molecule has 1 amide bonds. The van der Waals surface area contributed by atoms with Crippen molar-refractivity contribution in [1.29, 1.82) is 0 Å². The molecule has 6 heteroatoms. The lowest BCUT2D eigenvalue weighted by Crippen LogP contribution is -2.41. The second kappa shape index (κ2) is 9.66. The highest BCUT2D eigenvalue weighted by Crippen LogP contribution is 2.17. The van der Waals surface area contributed by atoms with Gasteiger partial charge in [0.25, 0.3) is 5.91 Å². The Morgan fingerprint density at radius 1 is 1.08 bits per heavy atom. The number of primary amides is 1. The summed E-state index contributed by atoms with van der Waals surface area (Å²) in [5.74, 6) is 0.711. The van der Waals surface area contributed by atoms with Gasteiger partial charge >= 0.3 is 0 Å². The van der Waals surface area contributed by atoms with Gasteiger partial charge in [0.1, 0.15) is 24.3 Å². The molecule has 0 spiro atoms. The number of carbonyl (C=O) groups excluding carboxylic acids is 1. The van der Waals surface area contributed by atoms with E-state index in [2.05, 4.69) is 5.32 Å². The van der Waals surface area contributed by atoms with E-state index in [0.717, 1.165) is 5.56 Å². The molecule has 2 aromatic carbocycles. The van der Waals surface area contributed by atoms with E-state index in [1.807, 2.05) is 37.3 Å². The highest BCUT2D eigenvalue weighted by Gasteiger charge is 2.10. The number of carbonyl (C=O) groups is 1. The zero-order chi connectivity index (χ0) is 18.1. The largest absolute Gasteiger partial charge is 0.492 e. The summed E-state index contributed by atoms with van der Waals surface area (Å²) in [6.07, 6.45) is -0.0950. The SMILES string of the molecule is C[C@H](COc1ccc(OCC(N)=O)cc1)N[C@H](O)Cc1ccccc1. The molecule has 2 aromatic rings. The average molecular weight is 344 g/mol. The summed E-state index contributed by atoms with van der Waals surface area (Å²) in [5, 5.41) is 13.2. The van der Waals surface area contributed by atoms with Crippen LogP contribution in [0.15, 0.2) is 54.6 Å². The van der Waals surface area contributed by atoms with Crippen LogP contribution in [0.5, 0.6) is 11.5 Å². The first-order valence-corrected chi connectivity index (χ1v) is 8.15. The smallest absolute Gasteiger partial charge is 0.255 e. The van der Waals surface area contributed by atoms with Gasteiger partial charge in [-0.15, -0.1) is 0 Å². The van der Waals surface area contributed by atoms with E-state index in [1.165, 1.54) is 0 Å². The second-order valence-electron chi connectivity index (χ2n) is 5.81. The Bertz CT molecular complexity index is 646. The molecule has 4 N–H and O–H groups in total. The molecule has 0 saturated carbocycles. The van der Waals surface area contributed by atoms with Crippen molar-refractivity contribution < 1.29 is 19.4 Å². The summed E-state index contributed by atoms with van der Waals surface area (Å²) >= 11 is 0. The number of nitrogens with one attached hydrogen (secondary N) is 1. The molecule has 0 radical (unpaired) electrons. The molecule has 0 aliphatic rings. The van der Waals surface area contributed by atoms with E-state index in [4.69, 9.17) is 15.2 Å². The van der Waals surface area contributed by atoms with E-state index in [1.54, 1.807) is 24.3 Å². The molecule has 0 heterocycles. The van der Waals surface area contributed by atoms with Crippen LogP contribution in [0.4, 0.5) is 0 Å². The molecule has 2 rings (SSSR count). The summed E-state index contributed by atoms with van der Waals surface area (Å²) < 4.78 is 10.9. The predicted octanol–water partition coefficient (Wildman–Crippen LogP) is 1.47. The van der Waals surface area contributed by atoms with Crippen LogP contribution in [-0.4, -0.2) is 36.5 Å². The first-order valence-electron chi connectivity index (χ1n) is 8.15. The van der Waals surface area contributed by atoms with Crippen molar-refractivity contribution in [2.45, 2.75) is 25.6 Å². The standard InChI is InChI=1S/C19H24N2O4/c1-14(21-19(23)11-15-5-3-2-4-6-15)12-24-16-7-9-17(10-8-16)25-13-18(20)22/h2-10,14,19,21,23H,11-13H2,1H3,(H2,20,22)/t14-,19-/m1/s1. The lowest BCUT2D eigenvalue weighted by atomic mass is 10.1. The molecule has 0 fully saturated rings. The number of aliphatic hydroxyl groups excluding tert-OH is 1. The Kier molecular flexibility index (Phi) is 7.25. The van der Waals surface area contributed by atoms with Gasteiger partial charge in [0.15, 0.2) is 6.61 Å². The minimum atomic E-state index is -0.634. The van der Waals surface area contributed by atoms with Crippen molar-refractivity contribution in [3.63, 3.8) is 0 Å². The Balaban J connectivity index is 1.72. The number of benzene rings is 2. The topological polar surface area (TPSA) is 93.8 Å². The fourth-order valence-corrected chi connectivity index (χ4v) is 2.28.